The SMILES string of the molecule is CO[C@@]1(C(F)(F)F)C[C@@H](C(=O)Nc2ccnc([S@](C)(=N)=O)c2)N(c2ccc(F)c(F)c2C(C)C)C1. The van der Waals surface area contributed by atoms with Crippen LogP contribution in [0.25, 0.3) is 0 Å². The van der Waals surface area contributed by atoms with Crippen LogP contribution in [0.15, 0.2) is 35.5 Å². The van der Waals surface area contributed by atoms with E-state index < -0.39 is 64.0 Å². The summed E-state index contributed by atoms with van der Waals surface area (Å²) in [5, 5.41) is 2.34. The Morgan fingerprint density at radius 3 is 2.51 bits per heavy atom. The normalized spacial score (nSPS) is 22.3. The number of anilines is 2. The van der Waals surface area contributed by atoms with Gasteiger partial charge in [0.05, 0.1) is 16.3 Å². The second kappa shape index (κ2) is 9.34. The van der Waals surface area contributed by atoms with Gasteiger partial charge in [-0.1, -0.05) is 13.8 Å². The molecule has 2 N–H and O–H groups in total. The van der Waals surface area contributed by atoms with E-state index in [0.717, 1.165) is 30.4 Å². The van der Waals surface area contributed by atoms with Crippen LogP contribution in [0.5, 0.6) is 0 Å². The molecule has 0 radical (unpaired) electrons. The largest absolute Gasteiger partial charge is 0.419 e. The quantitative estimate of drug-likeness (QED) is 0.540. The van der Waals surface area contributed by atoms with E-state index in [4.69, 9.17) is 9.52 Å². The van der Waals surface area contributed by atoms with Gasteiger partial charge in [0.2, 0.25) is 5.91 Å². The first kappa shape index (κ1) is 26.8. The van der Waals surface area contributed by atoms with Crippen molar-refractivity contribution in [2.45, 2.75) is 49.0 Å². The zero-order chi connectivity index (χ0) is 26.3. The predicted octanol–water partition coefficient (Wildman–Crippen LogP) is 4.68. The monoisotopic (exact) mass is 520 g/mol. The Morgan fingerprint density at radius 1 is 1.31 bits per heavy atom. The molecule has 1 aromatic carbocycles. The molecule has 7 nitrogen and oxygen atoms in total. The van der Waals surface area contributed by atoms with E-state index in [0.29, 0.717) is 0 Å². The number of pyridine rings is 1. The zero-order valence-corrected chi connectivity index (χ0v) is 20.2. The van der Waals surface area contributed by atoms with Gasteiger partial charge in [0.25, 0.3) is 0 Å². The van der Waals surface area contributed by atoms with E-state index in [9.17, 15) is 31.0 Å². The second-order valence-corrected chi connectivity index (χ2v) is 10.8. The number of hydrogen-bond acceptors (Lipinski definition) is 6. The third-order valence-electron chi connectivity index (χ3n) is 5.93. The van der Waals surface area contributed by atoms with Crippen molar-refractivity contribution in [3.63, 3.8) is 0 Å². The van der Waals surface area contributed by atoms with Crippen LogP contribution in [0.2, 0.25) is 0 Å². The summed E-state index contributed by atoms with van der Waals surface area (Å²) in [7, 11) is -2.34. The lowest BCUT2D eigenvalue weighted by atomic mass is 9.98. The minimum absolute atomic E-state index is 0.0552. The molecule has 0 aliphatic carbocycles. The van der Waals surface area contributed by atoms with Gasteiger partial charge in [0.1, 0.15) is 11.1 Å². The van der Waals surface area contributed by atoms with Gasteiger partial charge >= 0.3 is 6.18 Å². The van der Waals surface area contributed by atoms with Gasteiger partial charge in [-0.3, -0.25) is 4.79 Å². The number of rotatable bonds is 6. The van der Waals surface area contributed by atoms with Crippen molar-refractivity contribution < 1.29 is 35.7 Å². The maximum atomic E-state index is 14.7. The number of nitrogens with one attached hydrogen (secondary N) is 2. The Bertz CT molecular complexity index is 1240. The molecule has 3 atom stereocenters. The Labute approximate surface area is 199 Å². The van der Waals surface area contributed by atoms with Crippen LogP contribution in [0.4, 0.5) is 33.3 Å². The minimum atomic E-state index is -4.87. The fourth-order valence-electron chi connectivity index (χ4n) is 4.11. The van der Waals surface area contributed by atoms with Crippen LogP contribution < -0.4 is 10.2 Å². The number of hydrogen-bond donors (Lipinski definition) is 2. The van der Waals surface area contributed by atoms with Crippen LogP contribution in [0.1, 0.15) is 31.7 Å². The number of alkyl halides is 3. The molecule has 2 aromatic rings. The first-order chi connectivity index (χ1) is 16.1. The lowest BCUT2D eigenvalue weighted by Gasteiger charge is -2.31. The summed E-state index contributed by atoms with van der Waals surface area (Å²) in [5.41, 5.74) is -2.89. The van der Waals surface area contributed by atoms with Crippen molar-refractivity contribution in [2.75, 3.05) is 30.1 Å². The van der Waals surface area contributed by atoms with Crippen LogP contribution in [-0.2, 0) is 19.3 Å². The van der Waals surface area contributed by atoms with Gasteiger partial charge < -0.3 is 15.0 Å². The van der Waals surface area contributed by atoms with Crippen molar-refractivity contribution in [3.05, 3.63) is 47.7 Å². The topological polar surface area (TPSA) is 95.4 Å². The van der Waals surface area contributed by atoms with Gasteiger partial charge in [-0.2, -0.15) is 13.2 Å². The number of halogens is 5. The molecule has 0 saturated carbocycles. The minimum Gasteiger partial charge on any atom is -0.367 e. The molecule has 0 unspecified atom stereocenters. The molecular weight excluding hydrogens is 495 g/mol. The Kier molecular flexibility index (Phi) is 7.15. The number of carbonyl (C=O) groups is 1. The summed E-state index contributed by atoms with van der Waals surface area (Å²) in [6, 6.07) is 2.99. The number of methoxy groups -OCH3 is 1. The Morgan fingerprint density at radius 2 is 1.97 bits per heavy atom. The number of carbonyl (C=O) groups excluding carboxylic acids is 1. The highest BCUT2D eigenvalue weighted by atomic mass is 32.2. The Balaban J connectivity index is 2.09. The average Bonchev–Trinajstić information content (AvgIpc) is 3.16. The van der Waals surface area contributed by atoms with Gasteiger partial charge in [0.15, 0.2) is 17.2 Å². The van der Waals surface area contributed by atoms with Gasteiger partial charge in [0, 0.05) is 42.9 Å². The van der Waals surface area contributed by atoms with Crippen LogP contribution in [-0.4, -0.2) is 52.8 Å². The maximum Gasteiger partial charge on any atom is 0.419 e. The summed E-state index contributed by atoms with van der Waals surface area (Å²) in [4.78, 5) is 18.1. The second-order valence-electron chi connectivity index (χ2n) is 8.71. The highest BCUT2D eigenvalue weighted by Crippen LogP contribution is 2.46. The van der Waals surface area contributed by atoms with Crippen LogP contribution in [0.3, 0.4) is 0 Å². The molecule has 1 aliphatic rings. The molecule has 1 aliphatic heterocycles. The van der Waals surface area contributed by atoms with E-state index in [1.54, 1.807) is 13.8 Å². The van der Waals surface area contributed by atoms with Crippen LogP contribution in [0, 0.1) is 16.4 Å². The van der Waals surface area contributed by atoms with E-state index in [-0.39, 0.29) is 22.0 Å². The van der Waals surface area contributed by atoms with Crippen molar-refractivity contribution in [3.8, 4) is 0 Å². The summed E-state index contributed by atoms with van der Waals surface area (Å²) in [6.45, 7) is 2.29. The molecule has 35 heavy (non-hydrogen) atoms. The van der Waals surface area contributed by atoms with E-state index in [1.807, 2.05) is 0 Å². The highest BCUT2D eigenvalue weighted by Gasteiger charge is 2.63. The smallest absolute Gasteiger partial charge is 0.367 e. The molecule has 3 rings (SSSR count). The van der Waals surface area contributed by atoms with Crippen molar-refractivity contribution in [2.24, 2.45) is 0 Å². The molecule has 192 valence electrons. The third-order valence-corrected chi connectivity index (χ3v) is 6.95. The standard InChI is InChI=1S/C22H25F5N4O3S/c1-12(2)18-15(6-5-14(23)19(18)24)31-11-21(34-3,22(25,26)27)10-16(31)20(32)30-13-7-8-29-17(9-13)35(4,28)33/h5-9,12,16,28H,10-11H2,1-4H3,(H,29,30,32)/t16-,21-,35+/m0/s1. The number of ether oxygens (including phenoxy) is 1. The molecule has 2 heterocycles. The zero-order valence-electron chi connectivity index (χ0n) is 19.4. The lowest BCUT2D eigenvalue weighted by Crippen LogP contribution is -2.49. The molecule has 0 spiro atoms. The lowest BCUT2D eigenvalue weighted by molar-refractivity contribution is -0.261. The number of benzene rings is 1. The van der Waals surface area contributed by atoms with Crippen molar-refractivity contribution in [1.82, 2.24) is 4.98 Å². The first-order valence-corrected chi connectivity index (χ1v) is 12.4. The molecule has 1 saturated heterocycles. The first-order valence-electron chi connectivity index (χ1n) is 10.5. The highest BCUT2D eigenvalue weighted by molar-refractivity contribution is 7.91. The van der Waals surface area contributed by atoms with Gasteiger partial charge in [-0.15, -0.1) is 0 Å². The van der Waals surface area contributed by atoms with E-state index in [2.05, 4.69) is 10.3 Å². The molecule has 0 bridgehead atoms. The summed E-state index contributed by atoms with van der Waals surface area (Å²) in [5.74, 6) is -3.84. The van der Waals surface area contributed by atoms with Gasteiger partial charge in [-0.25, -0.2) is 22.8 Å². The summed E-state index contributed by atoms with van der Waals surface area (Å²) < 4.78 is 95.4. The number of aromatic nitrogens is 1. The maximum absolute atomic E-state index is 14.7. The van der Waals surface area contributed by atoms with Crippen LogP contribution >= 0.6 is 0 Å². The fraction of sp³-hybridized carbons (Fsp3) is 0.455. The van der Waals surface area contributed by atoms with Crippen molar-refractivity contribution in [1.29, 1.82) is 4.78 Å². The third kappa shape index (κ3) is 5.10. The molecule has 13 heteroatoms. The predicted molar refractivity (Wildman–Crippen MR) is 120 cm³/mol. The number of amides is 1. The molecular formula is C22H25F5N4O3S. The average molecular weight is 521 g/mol. The molecule has 1 fully saturated rings. The van der Waals surface area contributed by atoms with E-state index >= 15 is 0 Å². The molecule has 1 amide bonds. The van der Waals surface area contributed by atoms with Crippen molar-refractivity contribution >= 4 is 27.0 Å². The summed E-state index contributed by atoms with van der Waals surface area (Å²) >= 11 is 0. The number of nitrogens with zero attached hydrogens (tertiary/aromatic N) is 2. The van der Waals surface area contributed by atoms with Gasteiger partial charge in [-0.05, 0) is 30.2 Å². The summed E-state index contributed by atoms with van der Waals surface area (Å²) in [6.07, 6.45) is -3.34. The molecule has 1 aromatic heterocycles. The Hall–Kier alpha value is -2.80. The van der Waals surface area contributed by atoms with E-state index in [1.165, 1.54) is 18.3 Å². The fourth-order valence-corrected chi connectivity index (χ4v) is 4.72.